The van der Waals surface area contributed by atoms with E-state index in [0.29, 0.717) is 12.5 Å². The molecule has 3 nitrogen and oxygen atoms in total. The maximum atomic E-state index is 12.9. The molecule has 2 aliphatic rings. The molecule has 3 heteroatoms. The predicted octanol–water partition coefficient (Wildman–Crippen LogP) is 5.11. The largest absolute Gasteiger partial charge is 0.483 e. The highest BCUT2D eigenvalue weighted by molar-refractivity contribution is 5.79. The second-order valence-electron chi connectivity index (χ2n) is 7.99. The van der Waals surface area contributed by atoms with Crippen molar-refractivity contribution < 1.29 is 9.53 Å². The van der Waals surface area contributed by atoms with Gasteiger partial charge in [0.15, 0.2) is 0 Å². The summed E-state index contributed by atoms with van der Waals surface area (Å²) in [4.78, 5) is 14.9. The van der Waals surface area contributed by atoms with Gasteiger partial charge < -0.3 is 9.64 Å². The van der Waals surface area contributed by atoms with Gasteiger partial charge in [-0.1, -0.05) is 37.5 Å². The van der Waals surface area contributed by atoms with Crippen LogP contribution in [-0.4, -0.2) is 23.0 Å². The summed E-state index contributed by atoms with van der Waals surface area (Å²) in [5, 5.41) is 0. The lowest BCUT2D eigenvalue weighted by Crippen LogP contribution is -2.36. The summed E-state index contributed by atoms with van der Waals surface area (Å²) in [7, 11) is 0. The van der Waals surface area contributed by atoms with Crippen molar-refractivity contribution in [3.63, 3.8) is 0 Å². The van der Waals surface area contributed by atoms with Crippen LogP contribution in [-0.2, 0) is 11.3 Å². The molecule has 25 heavy (non-hydrogen) atoms. The third-order valence-corrected chi connectivity index (χ3v) is 5.59. The Bertz CT molecular complexity index is 669. The highest BCUT2D eigenvalue weighted by atomic mass is 16.5. The minimum atomic E-state index is -0.279. The summed E-state index contributed by atoms with van der Waals surface area (Å²) in [5.41, 5.74) is 3.20. The van der Waals surface area contributed by atoms with Crippen LogP contribution in [0.4, 0.5) is 0 Å². The number of ether oxygens (including phenoxy) is 1. The van der Waals surface area contributed by atoms with E-state index in [1.807, 2.05) is 4.90 Å². The second-order valence-corrected chi connectivity index (χ2v) is 7.99. The Morgan fingerprint density at radius 1 is 1.24 bits per heavy atom. The van der Waals surface area contributed by atoms with E-state index in [1.165, 1.54) is 24.8 Å². The Kier molecular flexibility index (Phi) is 5.21. The van der Waals surface area contributed by atoms with Gasteiger partial charge >= 0.3 is 0 Å². The standard InChI is InChI=1S/C22H31NO2/c1-5-23(21(24)18-9-7-6-8-10-18)15-19-12-11-17-13-14-22(3,4)25-20(17)16(19)2/h11-14,18H,5-10,15H2,1-4H3. The van der Waals surface area contributed by atoms with E-state index in [1.54, 1.807) is 0 Å². The lowest BCUT2D eigenvalue weighted by molar-refractivity contribution is -0.137. The van der Waals surface area contributed by atoms with Crippen LogP contribution in [0.15, 0.2) is 18.2 Å². The highest BCUT2D eigenvalue weighted by Gasteiger charge is 2.27. The van der Waals surface area contributed by atoms with Crippen LogP contribution in [0.25, 0.3) is 6.08 Å². The topological polar surface area (TPSA) is 29.5 Å². The number of benzene rings is 1. The molecule has 3 rings (SSSR count). The average Bonchev–Trinajstić information content (AvgIpc) is 2.61. The summed E-state index contributed by atoms with van der Waals surface area (Å²) in [6.45, 7) is 9.78. The van der Waals surface area contributed by atoms with Crippen molar-refractivity contribution in [2.24, 2.45) is 5.92 Å². The fourth-order valence-corrected chi connectivity index (χ4v) is 3.94. The van der Waals surface area contributed by atoms with Crippen LogP contribution in [0, 0.1) is 12.8 Å². The molecule has 136 valence electrons. The Labute approximate surface area is 152 Å². The third kappa shape index (κ3) is 3.91. The molecule has 0 N–H and O–H groups in total. The molecule has 0 radical (unpaired) electrons. The first-order chi connectivity index (χ1) is 11.9. The van der Waals surface area contributed by atoms with Crippen molar-refractivity contribution in [2.45, 2.75) is 71.9 Å². The number of fused-ring (bicyclic) bond motifs is 1. The van der Waals surface area contributed by atoms with Gasteiger partial charge in [-0.2, -0.15) is 0 Å². The molecule has 0 saturated heterocycles. The van der Waals surface area contributed by atoms with Gasteiger partial charge in [0, 0.05) is 24.6 Å². The molecule has 1 aromatic carbocycles. The molecule has 1 aliphatic carbocycles. The van der Waals surface area contributed by atoms with Crippen LogP contribution in [0.2, 0.25) is 0 Å². The fourth-order valence-electron chi connectivity index (χ4n) is 3.94. The van der Waals surface area contributed by atoms with Crippen molar-refractivity contribution >= 4 is 12.0 Å². The predicted molar refractivity (Wildman–Crippen MR) is 103 cm³/mol. The zero-order chi connectivity index (χ0) is 18.0. The van der Waals surface area contributed by atoms with Gasteiger partial charge in [-0.3, -0.25) is 4.79 Å². The van der Waals surface area contributed by atoms with E-state index in [0.717, 1.165) is 36.3 Å². The number of carbonyl (C=O) groups is 1. The van der Waals surface area contributed by atoms with Crippen LogP contribution in [0.5, 0.6) is 5.75 Å². The van der Waals surface area contributed by atoms with E-state index in [4.69, 9.17) is 4.74 Å². The molecule has 1 amide bonds. The van der Waals surface area contributed by atoms with Crippen LogP contribution in [0.1, 0.15) is 69.6 Å². The lowest BCUT2D eigenvalue weighted by atomic mass is 9.88. The van der Waals surface area contributed by atoms with Gasteiger partial charge in [0.25, 0.3) is 0 Å². The smallest absolute Gasteiger partial charge is 0.225 e. The second kappa shape index (κ2) is 7.23. The van der Waals surface area contributed by atoms with Crippen molar-refractivity contribution in [1.82, 2.24) is 4.90 Å². The zero-order valence-electron chi connectivity index (χ0n) is 16.1. The SMILES string of the molecule is CCN(Cc1ccc2c(c1C)OC(C)(C)C=C2)C(=O)C1CCCCC1. The average molecular weight is 341 g/mol. The zero-order valence-corrected chi connectivity index (χ0v) is 16.1. The molecule has 1 fully saturated rings. The van der Waals surface area contributed by atoms with E-state index in [2.05, 4.69) is 52.0 Å². The number of hydrogen-bond acceptors (Lipinski definition) is 2. The summed E-state index contributed by atoms with van der Waals surface area (Å²) in [6, 6.07) is 4.26. The van der Waals surface area contributed by atoms with Crippen molar-refractivity contribution in [1.29, 1.82) is 0 Å². The molecule has 1 aromatic rings. The van der Waals surface area contributed by atoms with E-state index < -0.39 is 0 Å². The van der Waals surface area contributed by atoms with Gasteiger partial charge in [-0.25, -0.2) is 0 Å². The fraction of sp³-hybridized carbons (Fsp3) is 0.591. The molecule has 0 aromatic heterocycles. The molecular weight excluding hydrogens is 310 g/mol. The van der Waals surface area contributed by atoms with Crippen molar-refractivity contribution in [3.8, 4) is 5.75 Å². The maximum Gasteiger partial charge on any atom is 0.225 e. The van der Waals surface area contributed by atoms with Gasteiger partial charge in [0.05, 0.1) is 0 Å². The van der Waals surface area contributed by atoms with Crippen molar-refractivity contribution in [3.05, 3.63) is 34.9 Å². The third-order valence-electron chi connectivity index (χ3n) is 5.59. The minimum Gasteiger partial charge on any atom is -0.483 e. The van der Waals surface area contributed by atoms with Crippen LogP contribution >= 0.6 is 0 Å². The Hall–Kier alpha value is -1.77. The molecule has 0 atom stereocenters. The minimum absolute atomic E-state index is 0.227. The Balaban J connectivity index is 1.80. The Morgan fingerprint density at radius 2 is 1.96 bits per heavy atom. The molecular formula is C22H31NO2. The number of carbonyl (C=O) groups excluding carboxylic acids is 1. The van der Waals surface area contributed by atoms with E-state index in [-0.39, 0.29) is 11.5 Å². The van der Waals surface area contributed by atoms with Gasteiger partial charge in [-0.15, -0.1) is 0 Å². The van der Waals surface area contributed by atoms with Crippen LogP contribution in [0.3, 0.4) is 0 Å². The molecule has 1 aliphatic heterocycles. The van der Waals surface area contributed by atoms with E-state index >= 15 is 0 Å². The van der Waals surface area contributed by atoms with E-state index in [9.17, 15) is 4.79 Å². The summed E-state index contributed by atoms with van der Waals surface area (Å²) in [6.07, 6.45) is 10.0. The normalized spacial score (nSPS) is 19.2. The first kappa shape index (κ1) is 18.0. The van der Waals surface area contributed by atoms with Gasteiger partial charge in [0.2, 0.25) is 5.91 Å². The number of nitrogens with zero attached hydrogens (tertiary/aromatic N) is 1. The monoisotopic (exact) mass is 341 g/mol. The number of hydrogen-bond donors (Lipinski definition) is 0. The summed E-state index contributed by atoms with van der Waals surface area (Å²) < 4.78 is 6.19. The summed E-state index contributed by atoms with van der Waals surface area (Å²) in [5.74, 6) is 1.52. The van der Waals surface area contributed by atoms with Gasteiger partial charge in [-0.05, 0) is 57.7 Å². The van der Waals surface area contributed by atoms with Gasteiger partial charge in [0.1, 0.15) is 11.4 Å². The first-order valence-corrected chi connectivity index (χ1v) is 9.71. The molecule has 0 unspecified atom stereocenters. The number of amides is 1. The molecule has 0 spiro atoms. The molecule has 1 heterocycles. The maximum absolute atomic E-state index is 12.9. The summed E-state index contributed by atoms with van der Waals surface area (Å²) >= 11 is 0. The quantitative estimate of drug-likeness (QED) is 0.762. The number of rotatable bonds is 4. The highest BCUT2D eigenvalue weighted by Crippen LogP contribution is 2.36. The molecule has 0 bridgehead atoms. The lowest BCUT2D eigenvalue weighted by Gasteiger charge is -2.32. The van der Waals surface area contributed by atoms with Crippen molar-refractivity contribution in [2.75, 3.05) is 6.54 Å². The molecule has 1 saturated carbocycles. The Morgan fingerprint density at radius 3 is 2.64 bits per heavy atom. The van der Waals surface area contributed by atoms with Crippen LogP contribution < -0.4 is 4.74 Å². The first-order valence-electron chi connectivity index (χ1n) is 9.71.